The largest absolute Gasteiger partial charge is 0.444 e. The van der Waals surface area contributed by atoms with Crippen molar-refractivity contribution in [3.8, 4) is 0 Å². The van der Waals surface area contributed by atoms with Crippen LogP contribution in [0, 0.1) is 0 Å². The number of aliphatic hydroxyl groups excluding tert-OH is 1. The molecule has 0 bridgehead atoms. The fraction of sp³-hybridized carbons (Fsp3) is 0.632. The molecule has 0 aliphatic carbocycles. The van der Waals surface area contributed by atoms with Gasteiger partial charge in [0.05, 0.1) is 12.6 Å². The van der Waals surface area contributed by atoms with Gasteiger partial charge in [0, 0.05) is 28.4 Å². The van der Waals surface area contributed by atoms with Gasteiger partial charge < -0.3 is 14.7 Å². The van der Waals surface area contributed by atoms with E-state index in [9.17, 15) is 9.90 Å². The molecule has 0 saturated carbocycles. The molecule has 2 aliphatic heterocycles. The number of likely N-dealkylation sites (tertiary alicyclic amines) is 1. The Morgan fingerprint density at radius 3 is 2.67 bits per heavy atom. The van der Waals surface area contributed by atoms with Crippen molar-refractivity contribution in [3.63, 3.8) is 0 Å². The van der Waals surface area contributed by atoms with Crippen molar-refractivity contribution in [3.05, 3.63) is 35.4 Å². The van der Waals surface area contributed by atoms with E-state index in [1.54, 1.807) is 4.90 Å². The Morgan fingerprint density at radius 2 is 2.00 bits per heavy atom. The normalized spacial score (nSPS) is 28.6. The third-order valence-corrected chi connectivity index (χ3v) is 4.50. The van der Waals surface area contributed by atoms with E-state index in [4.69, 9.17) is 7.48 Å². The fourth-order valence-electron chi connectivity index (χ4n) is 3.32. The molecule has 2 atom stereocenters. The monoisotopic (exact) mass is 334 g/mol. The molecule has 1 aromatic carbocycles. The number of β-amino-alcohol motifs (C(OH)–C–C–N with tert-alkyl or cyclic N) is 1. The lowest BCUT2D eigenvalue weighted by Crippen LogP contribution is -2.56. The zero-order valence-electron chi connectivity index (χ0n) is 16.7. The van der Waals surface area contributed by atoms with E-state index in [-0.39, 0.29) is 12.6 Å². The van der Waals surface area contributed by atoms with E-state index >= 15 is 0 Å². The lowest BCUT2D eigenvalue weighted by molar-refractivity contribution is -0.0324. The molecule has 1 saturated heterocycles. The van der Waals surface area contributed by atoms with E-state index < -0.39 is 24.3 Å². The Labute approximate surface area is 147 Å². The van der Waals surface area contributed by atoms with Crippen molar-refractivity contribution in [2.45, 2.75) is 57.9 Å². The van der Waals surface area contributed by atoms with E-state index in [0.717, 1.165) is 12.0 Å². The molecule has 0 aromatic heterocycles. The Balaban J connectivity index is 1.71. The average Bonchev–Trinajstić information content (AvgIpc) is 2.54. The van der Waals surface area contributed by atoms with Crippen LogP contribution in [-0.4, -0.2) is 58.4 Å². The molecular formula is C19H28N2O3. The van der Waals surface area contributed by atoms with Crippen LogP contribution in [-0.2, 0) is 17.7 Å². The summed E-state index contributed by atoms with van der Waals surface area (Å²) >= 11 is 0. The van der Waals surface area contributed by atoms with Crippen LogP contribution in [0.25, 0.3) is 0 Å². The van der Waals surface area contributed by atoms with Crippen LogP contribution >= 0.6 is 0 Å². The first kappa shape index (κ1) is 14.7. The number of rotatable bonds is 1. The second-order valence-electron chi connectivity index (χ2n) is 7.56. The van der Waals surface area contributed by atoms with Gasteiger partial charge in [-0.25, -0.2) is 4.79 Å². The van der Waals surface area contributed by atoms with Crippen molar-refractivity contribution < 1.29 is 17.4 Å². The maximum atomic E-state index is 12.2. The number of aliphatic hydroxyl groups is 1. The number of ether oxygens (including phenoxy) is 1. The fourth-order valence-corrected chi connectivity index (χ4v) is 3.32. The number of carbonyl (C=O) groups excluding carboxylic acids is 1. The molecule has 0 spiro atoms. The summed E-state index contributed by atoms with van der Waals surface area (Å²) in [5, 5.41) is 10.7. The van der Waals surface area contributed by atoms with E-state index in [0.29, 0.717) is 25.1 Å². The quantitative estimate of drug-likeness (QED) is 0.857. The second-order valence-corrected chi connectivity index (χ2v) is 7.56. The molecule has 3 rings (SSSR count). The first-order valence-electron chi connectivity index (χ1n) is 9.61. The highest BCUT2D eigenvalue weighted by molar-refractivity contribution is 5.68. The Bertz CT molecular complexity index is 675. The van der Waals surface area contributed by atoms with Crippen molar-refractivity contribution in [2.75, 3.05) is 19.6 Å². The summed E-state index contributed by atoms with van der Waals surface area (Å²) in [7, 11) is 0. The number of amides is 1. The van der Waals surface area contributed by atoms with Gasteiger partial charge in [0.15, 0.2) is 0 Å². The Kier molecular flexibility index (Phi) is 4.13. The highest BCUT2D eigenvalue weighted by atomic mass is 16.6. The highest BCUT2D eigenvalue weighted by Gasteiger charge is 2.36. The van der Waals surface area contributed by atoms with Crippen LogP contribution in [0.3, 0.4) is 0 Å². The predicted molar refractivity (Wildman–Crippen MR) is 92.8 cm³/mol. The van der Waals surface area contributed by atoms with Crippen LogP contribution in [0.5, 0.6) is 0 Å². The van der Waals surface area contributed by atoms with Gasteiger partial charge >= 0.3 is 6.09 Å². The maximum Gasteiger partial charge on any atom is 0.410 e. The summed E-state index contributed by atoms with van der Waals surface area (Å²) in [6.45, 7) is 4.97. The molecule has 24 heavy (non-hydrogen) atoms. The van der Waals surface area contributed by atoms with Crippen molar-refractivity contribution in [2.24, 2.45) is 0 Å². The molecule has 0 radical (unpaired) electrons. The molecule has 1 amide bonds. The molecule has 2 aliphatic rings. The first-order chi connectivity index (χ1) is 12.1. The molecule has 1 N–H and O–H groups in total. The third-order valence-electron chi connectivity index (χ3n) is 4.50. The highest BCUT2D eigenvalue weighted by Crippen LogP contribution is 2.25. The first-order valence-corrected chi connectivity index (χ1v) is 8.61. The predicted octanol–water partition coefficient (Wildman–Crippen LogP) is 2.42. The number of carbonyl (C=O) groups is 1. The molecule has 5 heteroatoms. The van der Waals surface area contributed by atoms with Crippen molar-refractivity contribution in [1.29, 1.82) is 0 Å². The average molecular weight is 334 g/mol. The standard InChI is InChI=1S/C19H28N2O3/c1-19(2,3)24-18(23)21-11-9-16(17(22)13-21)20-10-8-14-6-4-5-7-15(14)12-20/h4-7,16-17,22H,8-13H2,1-3H3/t16-,17-/m1/s1/i12D2. The van der Waals surface area contributed by atoms with E-state index in [1.807, 2.05) is 45.0 Å². The number of benzene rings is 1. The number of fused-ring (bicyclic) bond motifs is 1. The van der Waals surface area contributed by atoms with Crippen molar-refractivity contribution in [1.82, 2.24) is 9.80 Å². The molecule has 1 fully saturated rings. The number of nitrogens with zero attached hydrogens (tertiary/aromatic N) is 2. The lowest BCUT2D eigenvalue weighted by Gasteiger charge is -2.43. The van der Waals surface area contributed by atoms with Gasteiger partial charge in [-0.3, -0.25) is 4.90 Å². The Hall–Kier alpha value is -1.59. The summed E-state index contributed by atoms with van der Waals surface area (Å²) < 4.78 is 22.6. The van der Waals surface area contributed by atoms with Crippen LogP contribution in [0.1, 0.15) is 41.1 Å². The molecule has 5 nitrogen and oxygen atoms in total. The zero-order chi connectivity index (χ0) is 19.1. The van der Waals surface area contributed by atoms with Gasteiger partial charge in [-0.1, -0.05) is 24.3 Å². The van der Waals surface area contributed by atoms with Gasteiger partial charge in [-0.05, 0) is 44.7 Å². The number of hydrogen-bond acceptors (Lipinski definition) is 4. The lowest BCUT2D eigenvalue weighted by atomic mass is 9.94. The minimum Gasteiger partial charge on any atom is -0.444 e. The Morgan fingerprint density at radius 1 is 1.29 bits per heavy atom. The summed E-state index contributed by atoms with van der Waals surface area (Å²) in [5.41, 5.74) is 1.12. The van der Waals surface area contributed by atoms with Crippen molar-refractivity contribution >= 4 is 6.09 Å². The summed E-state index contributed by atoms with van der Waals surface area (Å²) in [6.07, 6.45) is 0.0372. The second kappa shape index (κ2) is 6.73. The maximum absolute atomic E-state index is 12.2. The van der Waals surface area contributed by atoms with E-state index in [1.165, 1.54) is 4.90 Å². The molecular weight excluding hydrogens is 304 g/mol. The smallest absolute Gasteiger partial charge is 0.410 e. The van der Waals surface area contributed by atoms with Crippen LogP contribution in [0.2, 0.25) is 0 Å². The SMILES string of the molecule is [2H]C1([2H])c2ccccc2CCN1[C@@H]1CCN(C(=O)OC(C)(C)C)C[C@H]1O. The third kappa shape index (κ3) is 3.90. The topological polar surface area (TPSA) is 53.0 Å². The number of piperidine rings is 1. The minimum atomic E-state index is -1.63. The summed E-state index contributed by atoms with van der Waals surface area (Å²) in [4.78, 5) is 15.5. The molecule has 1 aromatic rings. The molecule has 2 heterocycles. The van der Waals surface area contributed by atoms with Gasteiger partial charge in [-0.15, -0.1) is 0 Å². The molecule has 132 valence electrons. The van der Waals surface area contributed by atoms with Crippen LogP contribution in [0.15, 0.2) is 24.3 Å². The minimum absolute atomic E-state index is 0.161. The number of hydrogen-bond donors (Lipinski definition) is 1. The van der Waals surface area contributed by atoms with Gasteiger partial charge in [0.25, 0.3) is 0 Å². The molecule has 0 unspecified atom stereocenters. The summed E-state index contributed by atoms with van der Waals surface area (Å²) in [6, 6.07) is 7.24. The van der Waals surface area contributed by atoms with Gasteiger partial charge in [0.1, 0.15) is 5.60 Å². The van der Waals surface area contributed by atoms with Gasteiger partial charge in [-0.2, -0.15) is 0 Å². The van der Waals surface area contributed by atoms with Crippen LogP contribution < -0.4 is 0 Å². The van der Waals surface area contributed by atoms with E-state index in [2.05, 4.69) is 0 Å². The van der Waals surface area contributed by atoms with Gasteiger partial charge in [0.2, 0.25) is 0 Å². The zero-order valence-corrected chi connectivity index (χ0v) is 14.7. The van der Waals surface area contributed by atoms with Crippen LogP contribution in [0.4, 0.5) is 4.79 Å². The summed E-state index contributed by atoms with van der Waals surface area (Å²) in [5.74, 6) is 0.